The minimum Gasteiger partial charge on any atom is -0.459 e. The quantitative estimate of drug-likeness (QED) is 0.0316. The van der Waals surface area contributed by atoms with Crippen LogP contribution < -0.4 is 5.32 Å². The lowest BCUT2D eigenvalue weighted by Gasteiger charge is -2.51. The minimum absolute atomic E-state index is 0.0139. The van der Waals surface area contributed by atoms with Gasteiger partial charge in [-0.15, -0.1) is 0 Å². The van der Waals surface area contributed by atoms with Gasteiger partial charge in [0.15, 0.2) is 31.1 Å². The largest absolute Gasteiger partial charge is 0.459 e. The van der Waals surface area contributed by atoms with Gasteiger partial charge in [0, 0.05) is 6.92 Å². The van der Waals surface area contributed by atoms with Crippen molar-refractivity contribution in [1.29, 1.82) is 0 Å². The molecule has 12 rings (SSSR count). The molecular weight excluding hydrogens is 1300 g/mol. The van der Waals surface area contributed by atoms with Crippen LogP contribution in [0.4, 0.5) is 0 Å². The Kier molecular flexibility index (Phi) is 26.1. The van der Waals surface area contributed by atoms with Crippen LogP contribution in [0.15, 0.2) is 273 Å². The van der Waals surface area contributed by atoms with Crippen LogP contribution in [0.25, 0.3) is 0 Å². The molecule has 9 aromatic carbocycles. The van der Waals surface area contributed by atoms with Crippen molar-refractivity contribution in [3.05, 3.63) is 323 Å². The Morgan fingerprint density at radius 3 is 1.11 bits per heavy atom. The normalized spacial score (nSPS) is 24.7. The molecule has 1 N–H and O–H groups in total. The zero-order valence-corrected chi connectivity index (χ0v) is 56.6. The van der Waals surface area contributed by atoms with Crippen LogP contribution in [0.3, 0.4) is 0 Å². The molecule has 19 heteroatoms. The van der Waals surface area contributed by atoms with E-state index in [-0.39, 0.29) is 62.9 Å². The smallest absolute Gasteiger partial charge is 0.338 e. The van der Waals surface area contributed by atoms with Gasteiger partial charge in [-0.05, 0) is 76.7 Å². The Balaban J connectivity index is 0.989. The van der Waals surface area contributed by atoms with Gasteiger partial charge < -0.3 is 71.6 Å². The molecule has 3 heterocycles. The Labute approximate surface area is 593 Å². The highest BCUT2D eigenvalue weighted by Crippen LogP contribution is 2.39. The highest BCUT2D eigenvalue weighted by molar-refractivity contribution is 5.91. The van der Waals surface area contributed by atoms with Crippen molar-refractivity contribution in [3.8, 4) is 0 Å². The van der Waals surface area contributed by atoms with Crippen molar-refractivity contribution in [2.75, 3.05) is 13.2 Å². The number of ether oxygens (including phenoxy) is 14. The third-order valence-electron chi connectivity index (χ3n) is 17.6. The molecule has 0 radical (unpaired) electrons. The van der Waals surface area contributed by atoms with Crippen LogP contribution in [-0.4, -0.2) is 129 Å². The molecule has 0 unspecified atom stereocenters. The van der Waals surface area contributed by atoms with Gasteiger partial charge in [0.25, 0.3) is 0 Å². The fourth-order valence-electron chi connectivity index (χ4n) is 12.5. The molecule has 0 aliphatic carbocycles. The number of carbonyl (C=O) groups excluding carboxylic acids is 4. The van der Waals surface area contributed by atoms with Crippen molar-refractivity contribution >= 4 is 23.8 Å². The van der Waals surface area contributed by atoms with E-state index in [0.29, 0.717) is 0 Å². The summed E-state index contributed by atoms with van der Waals surface area (Å²) >= 11 is 0. The van der Waals surface area contributed by atoms with Gasteiger partial charge >= 0.3 is 17.9 Å². The molecule has 3 fully saturated rings. The van der Waals surface area contributed by atoms with Crippen molar-refractivity contribution in [2.45, 2.75) is 146 Å². The fraction of sp³-hybridized carbons (Fsp3) is 0.301. The highest BCUT2D eigenvalue weighted by Gasteiger charge is 2.58. The molecule has 15 atom stereocenters. The summed E-state index contributed by atoms with van der Waals surface area (Å²) in [6, 6.07) is 81.2. The summed E-state index contributed by atoms with van der Waals surface area (Å²) in [6.45, 7) is 2.91. The van der Waals surface area contributed by atoms with Gasteiger partial charge in [0.05, 0.1) is 69.0 Å². The van der Waals surface area contributed by atoms with Crippen LogP contribution >= 0.6 is 0 Å². The van der Waals surface area contributed by atoms with Crippen LogP contribution in [-0.2, 0) is 111 Å². The fourth-order valence-corrected chi connectivity index (χ4v) is 12.5. The van der Waals surface area contributed by atoms with E-state index in [9.17, 15) is 19.2 Å². The van der Waals surface area contributed by atoms with Crippen LogP contribution in [0.5, 0.6) is 0 Å². The number of carbonyl (C=O) groups is 4. The first-order valence-electron chi connectivity index (χ1n) is 34.2. The number of hydrogen-bond acceptors (Lipinski definition) is 18. The molecule has 3 saturated heterocycles. The van der Waals surface area contributed by atoms with Gasteiger partial charge in [-0.3, -0.25) is 4.79 Å². The maximum atomic E-state index is 14.7. The third kappa shape index (κ3) is 19.9. The first-order valence-corrected chi connectivity index (χ1v) is 34.2. The lowest BCUT2D eigenvalue weighted by Crippen LogP contribution is -2.70. The van der Waals surface area contributed by atoms with Crippen molar-refractivity contribution in [2.24, 2.45) is 0 Å². The molecular formula is C83H83NO18. The number of benzene rings is 9. The van der Waals surface area contributed by atoms with E-state index >= 15 is 0 Å². The first kappa shape index (κ1) is 72.2. The molecule has 1 amide bonds. The summed E-state index contributed by atoms with van der Waals surface area (Å²) in [7, 11) is 0. The van der Waals surface area contributed by atoms with Gasteiger partial charge in [-0.2, -0.15) is 0 Å². The van der Waals surface area contributed by atoms with Crippen LogP contribution in [0.1, 0.15) is 78.3 Å². The molecule has 528 valence electrons. The monoisotopic (exact) mass is 1380 g/mol. The molecule has 0 spiro atoms. The van der Waals surface area contributed by atoms with Crippen molar-refractivity contribution in [1.82, 2.24) is 5.32 Å². The lowest BCUT2D eigenvalue weighted by molar-refractivity contribution is -0.391. The highest BCUT2D eigenvalue weighted by atomic mass is 16.8. The summed E-state index contributed by atoms with van der Waals surface area (Å²) in [6.07, 6.45) is -17.6. The number of amides is 1. The molecule has 19 nitrogen and oxygen atoms in total. The molecule has 3 aliphatic heterocycles. The van der Waals surface area contributed by atoms with Crippen LogP contribution in [0, 0.1) is 0 Å². The Bertz CT molecular complexity index is 3990. The van der Waals surface area contributed by atoms with E-state index in [1.807, 2.05) is 189 Å². The summed E-state index contributed by atoms with van der Waals surface area (Å²) in [4.78, 5) is 57.3. The molecule has 0 bridgehead atoms. The lowest BCUT2D eigenvalue weighted by atomic mass is 9.94. The number of esters is 3. The predicted molar refractivity (Wildman–Crippen MR) is 374 cm³/mol. The third-order valence-corrected chi connectivity index (χ3v) is 17.6. The second kappa shape index (κ2) is 36.8. The Morgan fingerprint density at radius 2 is 0.667 bits per heavy atom. The summed E-state index contributed by atoms with van der Waals surface area (Å²) < 4.78 is 97.8. The van der Waals surface area contributed by atoms with Gasteiger partial charge in [-0.25, -0.2) is 14.4 Å². The van der Waals surface area contributed by atoms with Gasteiger partial charge in [-0.1, -0.05) is 237 Å². The summed E-state index contributed by atoms with van der Waals surface area (Å²) in [5.41, 5.74) is 5.57. The molecule has 102 heavy (non-hydrogen) atoms. The summed E-state index contributed by atoms with van der Waals surface area (Å²) in [5, 5.41) is 2.95. The molecule has 0 saturated carbocycles. The SMILES string of the molecule is CC(=O)N[C@@H]1[C@H](O[C@H]2[C@H](OCc3ccccc3)[C@@H](OCc3ccccc3)[C@@H](O[C@H]3[C@H](OCc4ccccc4)O[C@@H](C)[C@H](OCc4ccccc4)[C@H]3OCc3ccccc3)O[C@@H]2COCc2ccccc2)O[C@H](COC(=O)c2ccccc2)[C@@H](OC(=O)c2ccccc2)[C@@H]1OC(=O)c1ccccc1. The van der Waals surface area contributed by atoms with Crippen LogP contribution in [0.2, 0.25) is 0 Å². The zero-order valence-electron chi connectivity index (χ0n) is 56.6. The van der Waals surface area contributed by atoms with E-state index in [2.05, 4.69) is 5.32 Å². The topological polar surface area (TPSA) is 210 Å². The number of nitrogens with one attached hydrogen (secondary N) is 1. The maximum absolute atomic E-state index is 14.7. The minimum atomic E-state index is -1.70. The van der Waals surface area contributed by atoms with Crippen molar-refractivity contribution < 1.29 is 85.5 Å². The van der Waals surface area contributed by atoms with E-state index < -0.39 is 122 Å². The first-order chi connectivity index (χ1) is 50.1. The maximum Gasteiger partial charge on any atom is 0.338 e. The van der Waals surface area contributed by atoms with Gasteiger partial charge in [0.1, 0.15) is 61.5 Å². The van der Waals surface area contributed by atoms with Crippen molar-refractivity contribution in [3.63, 3.8) is 0 Å². The molecule has 3 aliphatic rings. The zero-order chi connectivity index (χ0) is 70.2. The molecule has 0 aromatic heterocycles. The second-order valence-corrected chi connectivity index (χ2v) is 25.0. The number of hydrogen-bond donors (Lipinski definition) is 1. The van der Waals surface area contributed by atoms with E-state index in [1.54, 1.807) is 91.0 Å². The predicted octanol–water partition coefficient (Wildman–Crippen LogP) is 12.5. The van der Waals surface area contributed by atoms with E-state index in [1.165, 1.54) is 6.92 Å². The Hall–Kier alpha value is -9.58. The van der Waals surface area contributed by atoms with E-state index in [4.69, 9.17) is 66.3 Å². The number of rotatable bonds is 31. The van der Waals surface area contributed by atoms with E-state index in [0.717, 1.165) is 33.4 Å². The molecule has 9 aromatic rings. The second-order valence-electron chi connectivity index (χ2n) is 25.0. The average Bonchev–Trinajstić information content (AvgIpc) is 0.763. The van der Waals surface area contributed by atoms with Gasteiger partial charge in [0.2, 0.25) is 5.91 Å². The standard InChI is InChI=1S/C83H83NO18/c1-56-70(90-49-59-32-14-4-15-33-59)74(91-50-60-34-16-5-17-35-60)77(82(96-56)95-53-63-40-22-8-23-41-63)102-83-76(93-52-62-38-20-7-21-39-62)75(92-51-61-36-18-6-19-37-61)72(67(98-83)54-89-48-58-30-12-3-13-31-58)101-81-69(84-57(2)85)73(100-80(88)66-46-28-11-29-47-66)71(99-79(87)65-44-26-10-27-45-65)68(97-81)55-94-78(86)64-42-24-9-25-43-64/h3-47,56,67-77,81-83H,48-55H2,1-2H3,(H,84,85)/t56-,67+,68+,69-,70-,71+,72+,73+,74+,75-,76+,77+,81-,82+,83+/m0/s1. The summed E-state index contributed by atoms with van der Waals surface area (Å²) in [5.74, 6) is -3.04. The average molecular weight is 1380 g/mol. The Morgan fingerprint density at radius 1 is 0.324 bits per heavy atom.